The van der Waals surface area contributed by atoms with Crippen LogP contribution in [0, 0.1) is 21.0 Å². The van der Waals surface area contributed by atoms with E-state index >= 15 is 0 Å². The molecule has 14 nitrogen and oxygen atoms in total. The Morgan fingerprint density at radius 3 is 1.36 bits per heavy atom. The number of aryl methyl sites for hydroxylation is 2. The molecule has 8 rings (SSSR count). The van der Waals surface area contributed by atoms with Crippen LogP contribution in [0.25, 0.3) is 22.3 Å². The zero-order valence-corrected chi connectivity index (χ0v) is 56.3. The van der Waals surface area contributed by atoms with E-state index < -0.39 is 0 Å². The van der Waals surface area contributed by atoms with E-state index in [9.17, 15) is 0 Å². The van der Waals surface area contributed by atoms with Crippen molar-refractivity contribution in [1.82, 2.24) is 0 Å². The summed E-state index contributed by atoms with van der Waals surface area (Å²) in [5, 5.41) is 12.1. The minimum Gasteiger partial charge on any atom is -0.497 e. The number of halogens is 2. The number of hydrogen-bond acceptors (Lipinski definition) is 17. The number of carbonyl (C=O) groups is 1. The molecule has 0 radical (unpaired) electrons. The van der Waals surface area contributed by atoms with Gasteiger partial charge in [-0.3, -0.25) is 0 Å². The molecule has 1 aliphatic rings. The maximum Gasteiger partial charge on any atom is 0.499 e. The predicted molar refractivity (Wildman–Crippen MR) is 353 cm³/mol. The summed E-state index contributed by atoms with van der Waals surface area (Å²) < 4.78 is 76.8. The van der Waals surface area contributed by atoms with Gasteiger partial charge in [-0.15, -0.1) is 34.0 Å². The summed E-state index contributed by atoms with van der Waals surface area (Å²) in [6, 6.07) is 24.2. The highest BCUT2D eigenvalue weighted by Crippen LogP contribution is 2.43. The Kier molecular flexibility index (Phi) is 30.1. The molecule has 20 heteroatoms. The van der Waals surface area contributed by atoms with E-state index in [2.05, 4.69) is 94.1 Å². The smallest absolute Gasteiger partial charge is 0.497 e. The second kappa shape index (κ2) is 36.3. The van der Waals surface area contributed by atoms with Crippen molar-refractivity contribution in [3.8, 4) is 74.0 Å². The van der Waals surface area contributed by atoms with E-state index in [4.69, 9.17) is 66.2 Å². The van der Waals surface area contributed by atoms with Crippen LogP contribution < -0.4 is 48.1 Å². The topological polar surface area (TPSA) is 137 Å². The van der Waals surface area contributed by atoms with Crippen LogP contribution in [0.4, 0.5) is 0 Å². The van der Waals surface area contributed by atoms with Crippen molar-refractivity contribution in [2.75, 3.05) is 74.1 Å². The molecule has 0 amide bonds. The lowest BCUT2D eigenvalue weighted by molar-refractivity contribution is -0.0980. The van der Waals surface area contributed by atoms with E-state index in [1.54, 1.807) is 48.2 Å². The molecule has 0 N–H and O–H groups in total. The maximum atomic E-state index is 8.00. The molecule has 1 saturated heterocycles. The van der Waals surface area contributed by atoms with Crippen LogP contribution in [0.3, 0.4) is 0 Å². The van der Waals surface area contributed by atoms with Crippen molar-refractivity contribution >= 4 is 98.6 Å². The minimum absolute atomic E-state index is 0.234. The molecule has 0 aliphatic carbocycles. The lowest BCUT2D eigenvalue weighted by atomic mass is 9.81. The van der Waals surface area contributed by atoms with Gasteiger partial charge in [0.2, 0.25) is 0 Å². The van der Waals surface area contributed by atoms with Crippen molar-refractivity contribution in [1.29, 1.82) is 0 Å². The second-order valence-corrected chi connectivity index (χ2v) is 24.0. The van der Waals surface area contributed by atoms with Crippen LogP contribution in [0.1, 0.15) is 85.3 Å². The number of unbranched alkanes of at least 4 members (excludes halogenated alkanes) is 2. The minimum atomic E-state index is -0.382. The zero-order chi connectivity index (χ0) is 60.2. The number of hydrogen-bond donors (Lipinski definition) is 0. The van der Waals surface area contributed by atoms with E-state index in [-0.39, 0.29) is 31.9 Å². The molecule has 0 spiro atoms. The maximum absolute atomic E-state index is 8.00. The van der Waals surface area contributed by atoms with Gasteiger partial charge in [0.15, 0.2) is 13.6 Å². The molecule has 4 aromatic carbocycles. The number of ether oxygens (including phenoxy) is 11. The Morgan fingerprint density at radius 2 is 0.867 bits per heavy atom. The van der Waals surface area contributed by atoms with Gasteiger partial charge in [-0.05, 0) is 205 Å². The van der Waals surface area contributed by atoms with Crippen LogP contribution in [0.15, 0.2) is 105 Å². The second-order valence-electron chi connectivity index (χ2n) is 19.4. The van der Waals surface area contributed by atoms with Crippen molar-refractivity contribution < 1.29 is 66.2 Å². The highest BCUT2D eigenvalue weighted by Gasteiger charge is 2.52. The zero-order valence-electron chi connectivity index (χ0n) is 49.6. The van der Waals surface area contributed by atoms with E-state index in [1.165, 1.54) is 11.1 Å². The van der Waals surface area contributed by atoms with Gasteiger partial charge in [-0.2, -0.15) is 0 Å². The van der Waals surface area contributed by atoms with Gasteiger partial charge in [0, 0.05) is 67.8 Å². The summed E-state index contributed by atoms with van der Waals surface area (Å²) >= 11 is 9.36. The molecule has 7 aromatic rings. The van der Waals surface area contributed by atoms with Gasteiger partial charge in [-0.1, -0.05) is 17.7 Å². The number of thiophene rings is 3. The first-order valence-electron chi connectivity index (χ1n) is 27.4. The molecule has 83 heavy (non-hydrogen) atoms. The molecule has 3 aromatic heterocycles. The molecule has 450 valence electrons. The molecule has 0 bridgehead atoms. The summed E-state index contributed by atoms with van der Waals surface area (Å²) in [6.07, 6.45) is 3.65. The van der Waals surface area contributed by atoms with E-state index in [0.717, 1.165) is 112 Å². The Bertz CT molecular complexity index is 2980. The lowest BCUT2D eigenvalue weighted by Gasteiger charge is -2.32. The number of benzene rings is 4. The van der Waals surface area contributed by atoms with Crippen LogP contribution in [-0.2, 0) is 23.6 Å². The first-order chi connectivity index (χ1) is 40.1. The average molecular weight is 1420 g/mol. The number of carbonyl (C=O) groups excluding carboxylic acids is 1. The van der Waals surface area contributed by atoms with Crippen LogP contribution in [0.2, 0.25) is 0 Å². The first kappa shape index (κ1) is 69.0. The van der Waals surface area contributed by atoms with Crippen LogP contribution >= 0.6 is 79.2 Å². The molecule has 0 unspecified atom stereocenters. The molecule has 1 aliphatic heterocycles. The average Bonchev–Trinajstić information content (AvgIpc) is 3.34. The molecule has 4 heterocycles. The summed E-state index contributed by atoms with van der Waals surface area (Å²) in [5.41, 5.74) is 6.72. The van der Waals surface area contributed by atoms with Crippen molar-refractivity contribution in [2.45, 2.75) is 99.2 Å². The van der Waals surface area contributed by atoms with Crippen molar-refractivity contribution in [2.24, 2.45) is 0 Å². The lowest BCUT2D eigenvalue weighted by Crippen LogP contribution is -2.41. The SMILES string of the molecule is C=O.CCOCOc1cscc1-c1cc(C)ccc1OCCCCOc1ccc(OC)cc1-c1cscc1OCC.CCOCOc1cscc1B1OC(C)(C)C(C)(C)O1.COc1ccc(OCCCCOc2ccc(C)cc2I)c(I)c1. The van der Waals surface area contributed by atoms with Gasteiger partial charge in [0.1, 0.15) is 58.5 Å². The Morgan fingerprint density at radius 1 is 0.458 bits per heavy atom. The number of rotatable bonds is 29. The van der Waals surface area contributed by atoms with Gasteiger partial charge in [0.25, 0.3) is 0 Å². The third-order valence-electron chi connectivity index (χ3n) is 13.0. The largest absolute Gasteiger partial charge is 0.499 e. The van der Waals surface area contributed by atoms with Gasteiger partial charge in [0.05, 0.1) is 65.6 Å². The summed E-state index contributed by atoms with van der Waals surface area (Å²) in [7, 11) is 2.96. The fraction of sp³-hybridized carbons (Fsp3) is 0.413. The standard InChI is InChI=1S/C31H36O6S2.C18H20I2O3.C13H21BO4S.CH2O/c1-5-33-21-37-31-20-39-17-26(31)24-15-22(3)9-11-28(24)35-13-7-8-14-36-29-12-10-23(32-4)16-25(29)27-18-38-19-30(27)34-6-2;1-13-5-7-17(15(19)11-13)22-9-3-4-10-23-18-8-6-14(21-2)12-16(18)20;1-6-15-9-16-11-8-19-7-10(11)14-17-12(2,3)13(4,5)18-14;1-2/h9-12,15-20H,5-8,13-14,21H2,1-4H3;5-8,11-12H,3-4,9-10H2,1-2H3;7-8H,6,9H2,1-5H3;1H2. The summed E-state index contributed by atoms with van der Waals surface area (Å²) in [4.78, 5) is 8.00. The third-order valence-corrected chi connectivity index (χ3v) is 16.8. The molecule has 0 atom stereocenters. The normalized spacial score (nSPS) is 12.8. The van der Waals surface area contributed by atoms with Gasteiger partial charge < -0.3 is 66.2 Å². The predicted octanol–water partition coefficient (Wildman–Crippen LogP) is 16.2. The fourth-order valence-electron chi connectivity index (χ4n) is 7.81. The van der Waals surface area contributed by atoms with Crippen LogP contribution in [0.5, 0.6) is 51.7 Å². The summed E-state index contributed by atoms with van der Waals surface area (Å²) in [5.74, 6) is 7.60. The quantitative estimate of drug-likeness (QED) is 0.0190. The van der Waals surface area contributed by atoms with E-state index in [0.29, 0.717) is 46.2 Å². The van der Waals surface area contributed by atoms with Gasteiger partial charge in [-0.25, -0.2) is 0 Å². The third kappa shape index (κ3) is 21.3. The fourth-order valence-corrected chi connectivity index (χ4v) is 11.6. The summed E-state index contributed by atoms with van der Waals surface area (Å²) in [6.45, 7) is 25.1. The molecule has 0 saturated carbocycles. The Hall–Kier alpha value is -4.79. The van der Waals surface area contributed by atoms with Crippen molar-refractivity contribution in [3.63, 3.8) is 0 Å². The Labute approximate surface area is 531 Å². The first-order valence-corrected chi connectivity index (χ1v) is 32.4. The van der Waals surface area contributed by atoms with E-state index in [1.807, 2.05) is 125 Å². The van der Waals surface area contributed by atoms with Gasteiger partial charge >= 0.3 is 7.12 Å². The monoisotopic (exact) mass is 1420 g/mol. The molecular formula is C63H79BI2O14S3. The van der Waals surface area contributed by atoms with Crippen LogP contribution in [-0.4, -0.2) is 99.2 Å². The highest BCUT2D eigenvalue weighted by atomic mass is 127. The molecule has 1 fully saturated rings. The highest BCUT2D eigenvalue weighted by molar-refractivity contribution is 14.1. The van der Waals surface area contributed by atoms with Crippen molar-refractivity contribution in [3.05, 3.63) is 123 Å². The molecular weight excluding hydrogens is 1340 g/mol. The number of methoxy groups -OCH3 is 2. The Balaban J connectivity index is 0.000000244.